The van der Waals surface area contributed by atoms with Gasteiger partial charge in [0.05, 0.1) is 10.5 Å². The van der Waals surface area contributed by atoms with Crippen LogP contribution < -0.4 is 0 Å². The number of likely N-dealkylation sites (tertiary alicyclic amines) is 1. The van der Waals surface area contributed by atoms with E-state index in [9.17, 15) is 4.79 Å². The second-order valence-electron chi connectivity index (χ2n) is 4.52. The number of hydrogen-bond donors (Lipinski definition) is 0. The number of pyridine rings is 1. The van der Waals surface area contributed by atoms with Crippen LogP contribution in [0.25, 0.3) is 10.9 Å². The molecule has 0 atom stereocenters. The van der Waals surface area contributed by atoms with Crippen molar-refractivity contribution in [3.8, 4) is 0 Å². The van der Waals surface area contributed by atoms with Crippen molar-refractivity contribution in [3.05, 3.63) is 41.0 Å². The monoisotopic (exact) mass is 260 g/mol. The SMILES string of the molecule is O=C(c1ccc2c(Cl)ccnc2c1)N1CCCC1. The van der Waals surface area contributed by atoms with Crippen LogP contribution in [0.1, 0.15) is 23.2 Å². The molecular weight excluding hydrogens is 248 g/mol. The molecular formula is C14H13ClN2O. The summed E-state index contributed by atoms with van der Waals surface area (Å²) in [5.74, 6) is 0.0937. The Morgan fingerprint density at radius 1 is 1.22 bits per heavy atom. The van der Waals surface area contributed by atoms with E-state index >= 15 is 0 Å². The van der Waals surface area contributed by atoms with Crippen molar-refractivity contribution in [1.29, 1.82) is 0 Å². The summed E-state index contributed by atoms with van der Waals surface area (Å²) in [4.78, 5) is 18.4. The van der Waals surface area contributed by atoms with Crippen LogP contribution in [-0.4, -0.2) is 28.9 Å². The fourth-order valence-electron chi connectivity index (χ4n) is 2.35. The molecule has 1 aromatic heterocycles. The zero-order valence-electron chi connectivity index (χ0n) is 9.90. The number of halogens is 1. The molecule has 1 aliphatic rings. The molecule has 3 rings (SSSR count). The summed E-state index contributed by atoms with van der Waals surface area (Å²) in [6, 6.07) is 7.28. The molecule has 1 fully saturated rings. The lowest BCUT2D eigenvalue weighted by Gasteiger charge is -2.15. The Balaban J connectivity index is 2.00. The van der Waals surface area contributed by atoms with E-state index in [0.29, 0.717) is 10.6 Å². The van der Waals surface area contributed by atoms with Crippen molar-refractivity contribution in [2.24, 2.45) is 0 Å². The second-order valence-corrected chi connectivity index (χ2v) is 4.93. The van der Waals surface area contributed by atoms with Gasteiger partial charge in [-0.25, -0.2) is 0 Å². The van der Waals surface area contributed by atoms with Gasteiger partial charge in [0, 0.05) is 30.2 Å². The average Bonchev–Trinajstić information content (AvgIpc) is 2.91. The van der Waals surface area contributed by atoms with Gasteiger partial charge in [0.1, 0.15) is 0 Å². The Morgan fingerprint density at radius 2 is 2.00 bits per heavy atom. The van der Waals surface area contributed by atoms with E-state index < -0.39 is 0 Å². The van der Waals surface area contributed by atoms with Gasteiger partial charge in [-0.05, 0) is 31.0 Å². The zero-order chi connectivity index (χ0) is 12.5. The van der Waals surface area contributed by atoms with Crippen LogP contribution in [-0.2, 0) is 0 Å². The fourth-order valence-corrected chi connectivity index (χ4v) is 2.57. The third-order valence-electron chi connectivity index (χ3n) is 3.33. The largest absolute Gasteiger partial charge is 0.339 e. The first-order valence-corrected chi connectivity index (χ1v) is 6.47. The number of nitrogens with zero attached hydrogens (tertiary/aromatic N) is 2. The smallest absolute Gasteiger partial charge is 0.253 e. The highest BCUT2D eigenvalue weighted by atomic mass is 35.5. The van der Waals surface area contributed by atoms with Crippen molar-refractivity contribution >= 4 is 28.4 Å². The number of rotatable bonds is 1. The number of amides is 1. The van der Waals surface area contributed by atoms with E-state index in [1.165, 1.54) is 0 Å². The van der Waals surface area contributed by atoms with Gasteiger partial charge in [-0.2, -0.15) is 0 Å². The number of carbonyl (C=O) groups excluding carboxylic acids is 1. The van der Waals surface area contributed by atoms with Gasteiger partial charge in [0.15, 0.2) is 0 Å². The molecule has 18 heavy (non-hydrogen) atoms. The van der Waals surface area contributed by atoms with Gasteiger partial charge < -0.3 is 4.90 Å². The van der Waals surface area contributed by atoms with Crippen LogP contribution >= 0.6 is 11.6 Å². The summed E-state index contributed by atoms with van der Waals surface area (Å²) in [6.45, 7) is 1.72. The topological polar surface area (TPSA) is 33.2 Å². The van der Waals surface area contributed by atoms with Crippen molar-refractivity contribution < 1.29 is 4.79 Å². The van der Waals surface area contributed by atoms with Crippen LogP contribution in [0.5, 0.6) is 0 Å². The summed E-state index contributed by atoms with van der Waals surface area (Å²) in [7, 11) is 0. The number of carbonyl (C=O) groups is 1. The molecule has 0 N–H and O–H groups in total. The molecule has 2 heterocycles. The third kappa shape index (κ3) is 1.95. The highest BCUT2D eigenvalue weighted by Crippen LogP contribution is 2.23. The van der Waals surface area contributed by atoms with Gasteiger partial charge in [0.2, 0.25) is 0 Å². The molecule has 0 aliphatic carbocycles. The lowest BCUT2D eigenvalue weighted by atomic mass is 10.1. The Morgan fingerprint density at radius 3 is 2.78 bits per heavy atom. The Hall–Kier alpha value is -1.61. The van der Waals surface area contributed by atoms with Crippen molar-refractivity contribution in [3.63, 3.8) is 0 Å². The van der Waals surface area contributed by atoms with Gasteiger partial charge in [-0.15, -0.1) is 0 Å². The maximum absolute atomic E-state index is 12.2. The van der Waals surface area contributed by atoms with Crippen molar-refractivity contribution in [2.45, 2.75) is 12.8 Å². The predicted molar refractivity (Wildman–Crippen MR) is 71.9 cm³/mol. The number of aromatic nitrogens is 1. The van der Waals surface area contributed by atoms with E-state index in [1.807, 2.05) is 23.1 Å². The van der Waals surface area contributed by atoms with Crippen LogP contribution in [0.2, 0.25) is 5.02 Å². The Kier molecular flexibility index (Phi) is 2.92. The van der Waals surface area contributed by atoms with Gasteiger partial charge in [-0.1, -0.05) is 17.7 Å². The van der Waals surface area contributed by atoms with Crippen molar-refractivity contribution in [1.82, 2.24) is 9.88 Å². The van der Waals surface area contributed by atoms with E-state index in [1.54, 1.807) is 12.3 Å². The van der Waals surface area contributed by atoms with Gasteiger partial charge in [0.25, 0.3) is 5.91 Å². The molecule has 2 aromatic rings. The quantitative estimate of drug-likeness (QED) is 0.789. The molecule has 3 nitrogen and oxygen atoms in total. The first-order chi connectivity index (χ1) is 8.75. The summed E-state index contributed by atoms with van der Waals surface area (Å²) in [6.07, 6.45) is 3.86. The average molecular weight is 261 g/mol. The summed E-state index contributed by atoms with van der Waals surface area (Å²) < 4.78 is 0. The molecule has 1 aliphatic heterocycles. The molecule has 0 saturated carbocycles. The van der Waals surface area contributed by atoms with Crippen LogP contribution in [0.4, 0.5) is 0 Å². The summed E-state index contributed by atoms with van der Waals surface area (Å²) >= 11 is 6.08. The number of fused-ring (bicyclic) bond motifs is 1. The Bertz CT molecular complexity index is 606. The zero-order valence-corrected chi connectivity index (χ0v) is 10.7. The van der Waals surface area contributed by atoms with Gasteiger partial charge in [-0.3, -0.25) is 9.78 Å². The number of benzene rings is 1. The van der Waals surface area contributed by atoms with Crippen LogP contribution in [0.3, 0.4) is 0 Å². The molecule has 0 bridgehead atoms. The maximum Gasteiger partial charge on any atom is 0.253 e. The summed E-state index contributed by atoms with van der Waals surface area (Å²) in [5, 5.41) is 1.55. The maximum atomic E-state index is 12.2. The number of hydrogen-bond acceptors (Lipinski definition) is 2. The first kappa shape index (κ1) is 11.5. The molecule has 1 saturated heterocycles. The predicted octanol–water partition coefficient (Wildman–Crippen LogP) is 3.12. The lowest BCUT2D eigenvalue weighted by Crippen LogP contribution is -2.27. The van der Waals surface area contributed by atoms with E-state index in [4.69, 9.17) is 11.6 Å². The third-order valence-corrected chi connectivity index (χ3v) is 3.66. The lowest BCUT2D eigenvalue weighted by molar-refractivity contribution is 0.0793. The molecule has 1 aromatic carbocycles. The van der Waals surface area contributed by atoms with Crippen molar-refractivity contribution in [2.75, 3.05) is 13.1 Å². The second kappa shape index (κ2) is 4.58. The van der Waals surface area contributed by atoms with Gasteiger partial charge >= 0.3 is 0 Å². The molecule has 0 radical (unpaired) electrons. The molecule has 0 unspecified atom stereocenters. The minimum atomic E-state index is 0.0937. The summed E-state index contributed by atoms with van der Waals surface area (Å²) in [5.41, 5.74) is 1.46. The van der Waals surface area contributed by atoms with Crippen LogP contribution in [0.15, 0.2) is 30.5 Å². The minimum Gasteiger partial charge on any atom is -0.339 e. The van der Waals surface area contributed by atoms with E-state index in [0.717, 1.165) is 36.8 Å². The highest BCUT2D eigenvalue weighted by molar-refractivity contribution is 6.35. The van der Waals surface area contributed by atoms with E-state index in [-0.39, 0.29) is 5.91 Å². The molecule has 1 amide bonds. The molecule has 92 valence electrons. The van der Waals surface area contributed by atoms with Crippen LogP contribution in [0, 0.1) is 0 Å². The highest BCUT2D eigenvalue weighted by Gasteiger charge is 2.19. The van der Waals surface area contributed by atoms with E-state index in [2.05, 4.69) is 4.98 Å². The normalized spacial score (nSPS) is 15.3. The Labute approximate surface area is 110 Å². The fraction of sp³-hybridized carbons (Fsp3) is 0.286. The minimum absolute atomic E-state index is 0.0937. The first-order valence-electron chi connectivity index (χ1n) is 6.09. The standard InChI is InChI=1S/C14H13ClN2O/c15-12-5-6-16-13-9-10(3-4-11(12)13)14(18)17-7-1-2-8-17/h3-6,9H,1-2,7-8H2. The molecule has 0 spiro atoms. The molecule has 4 heteroatoms.